The van der Waals surface area contributed by atoms with Crippen molar-refractivity contribution >= 4 is 5.91 Å². The SMILES string of the molecule is N#C/C(=C/NCc1ccc2c(c1)OCO2)C(=O)NCCc1ccccc1. The molecular weight excluding hydrogens is 330 g/mol. The zero-order valence-corrected chi connectivity index (χ0v) is 14.2. The van der Waals surface area contributed by atoms with Crippen molar-refractivity contribution in [2.75, 3.05) is 13.3 Å². The molecule has 0 radical (unpaired) electrons. The molecule has 0 spiro atoms. The molecule has 26 heavy (non-hydrogen) atoms. The Labute approximate surface area is 152 Å². The number of carbonyl (C=O) groups is 1. The molecular formula is C20H19N3O3. The number of hydrogen-bond donors (Lipinski definition) is 2. The number of nitriles is 1. The van der Waals surface area contributed by atoms with Crippen LogP contribution in [0.2, 0.25) is 0 Å². The summed E-state index contributed by atoms with van der Waals surface area (Å²) in [6, 6.07) is 17.4. The van der Waals surface area contributed by atoms with E-state index in [1.807, 2.05) is 54.6 Å². The lowest BCUT2D eigenvalue weighted by Crippen LogP contribution is -2.27. The number of fused-ring (bicyclic) bond motifs is 1. The molecule has 2 aromatic rings. The zero-order valence-electron chi connectivity index (χ0n) is 14.2. The van der Waals surface area contributed by atoms with Crippen molar-refractivity contribution in [1.29, 1.82) is 5.26 Å². The number of nitrogens with one attached hydrogen (secondary N) is 2. The molecule has 0 unspecified atom stereocenters. The molecule has 1 aliphatic heterocycles. The van der Waals surface area contributed by atoms with Crippen molar-refractivity contribution in [3.63, 3.8) is 0 Å². The third-order valence-corrected chi connectivity index (χ3v) is 3.90. The van der Waals surface area contributed by atoms with Crippen LogP contribution >= 0.6 is 0 Å². The maximum absolute atomic E-state index is 12.1. The zero-order chi connectivity index (χ0) is 18.2. The second kappa shape index (κ2) is 8.58. The van der Waals surface area contributed by atoms with Crippen LogP contribution in [-0.2, 0) is 17.8 Å². The Bertz CT molecular complexity index is 841. The average Bonchev–Trinajstić information content (AvgIpc) is 3.14. The minimum absolute atomic E-state index is 0.0406. The molecule has 132 valence electrons. The predicted molar refractivity (Wildman–Crippen MR) is 96.3 cm³/mol. The summed E-state index contributed by atoms with van der Waals surface area (Å²) >= 11 is 0. The van der Waals surface area contributed by atoms with E-state index in [1.54, 1.807) is 0 Å². The van der Waals surface area contributed by atoms with Gasteiger partial charge in [-0.05, 0) is 29.7 Å². The predicted octanol–water partition coefficient (Wildman–Crippen LogP) is 2.27. The lowest BCUT2D eigenvalue weighted by atomic mass is 10.1. The molecule has 0 saturated carbocycles. The van der Waals surface area contributed by atoms with Gasteiger partial charge in [-0.3, -0.25) is 4.79 Å². The fraction of sp³-hybridized carbons (Fsp3) is 0.200. The van der Waals surface area contributed by atoms with Gasteiger partial charge in [-0.1, -0.05) is 36.4 Å². The molecule has 0 saturated heterocycles. The van der Waals surface area contributed by atoms with E-state index >= 15 is 0 Å². The monoisotopic (exact) mass is 349 g/mol. The van der Waals surface area contributed by atoms with Crippen LogP contribution in [0.5, 0.6) is 11.5 Å². The minimum atomic E-state index is -0.387. The highest BCUT2D eigenvalue weighted by Gasteiger charge is 2.13. The van der Waals surface area contributed by atoms with Gasteiger partial charge in [0.25, 0.3) is 5.91 Å². The Morgan fingerprint density at radius 1 is 1.12 bits per heavy atom. The smallest absolute Gasteiger partial charge is 0.263 e. The fourth-order valence-electron chi connectivity index (χ4n) is 2.53. The van der Waals surface area contributed by atoms with Gasteiger partial charge in [-0.25, -0.2) is 0 Å². The first-order valence-electron chi connectivity index (χ1n) is 8.30. The molecule has 0 fully saturated rings. The molecule has 0 bridgehead atoms. The summed E-state index contributed by atoms with van der Waals surface area (Å²) in [4.78, 5) is 12.1. The molecule has 6 heteroatoms. The lowest BCUT2D eigenvalue weighted by Gasteiger charge is -2.06. The Hall–Kier alpha value is -3.46. The third-order valence-electron chi connectivity index (χ3n) is 3.90. The normalized spacial score (nSPS) is 12.3. The Morgan fingerprint density at radius 2 is 1.92 bits per heavy atom. The number of amides is 1. The molecule has 3 rings (SSSR count). The first-order valence-corrected chi connectivity index (χ1v) is 8.30. The highest BCUT2D eigenvalue weighted by molar-refractivity contribution is 5.97. The van der Waals surface area contributed by atoms with E-state index in [0.29, 0.717) is 18.8 Å². The van der Waals surface area contributed by atoms with Gasteiger partial charge in [0.15, 0.2) is 11.5 Å². The van der Waals surface area contributed by atoms with E-state index in [9.17, 15) is 10.1 Å². The van der Waals surface area contributed by atoms with E-state index < -0.39 is 0 Å². The fourth-order valence-corrected chi connectivity index (χ4v) is 2.53. The number of ether oxygens (including phenoxy) is 2. The van der Waals surface area contributed by atoms with Gasteiger partial charge in [0.1, 0.15) is 11.6 Å². The van der Waals surface area contributed by atoms with Crippen LogP contribution in [0.3, 0.4) is 0 Å². The standard InChI is InChI=1S/C20H19N3O3/c21-11-17(20(24)23-9-8-15-4-2-1-3-5-15)13-22-12-16-6-7-18-19(10-16)26-14-25-18/h1-7,10,13,22H,8-9,12,14H2,(H,23,24)/b17-13-. The molecule has 0 aromatic heterocycles. The second-order valence-electron chi connectivity index (χ2n) is 5.73. The van der Waals surface area contributed by atoms with Crippen LogP contribution in [0.4, 0.5) is 0 Å². The maximum Gasteiger partial charge on any atom is 0.263 e. The van der Waals surface area contributed by atoms with E-state index in [-0.39, 0.29) is 18.3 Å². The van der Waals surface area contributed by atoms with Gasteiger partial charge in [0, 0.05) is 19.3 Å². The van der Waals surface area contributed by atoms with Gasteiger partial charge in [-0.15, -0.1) is 0 Å². The van der Waals surface area contributed by atoms with Gasteiger partial charge >= 0.3 is 0 Å². The van der Waals surface area contributed by atoms with Gasteiger partial charge < -0.3 is 20.1 Å². The Kier molecular flexibility index (Phi) is 5.73. The molecule has 1 aliphatic rings. The number of carbonyl (C=O) groups excluding carboxylic acids is 1. The lowest BCUT2D eigenvalue weighted by molar-refractivity contribution is -0.117. The summed E-state index contributed by atoms with van der Waals surface area (Å²) in [7, 11) is 0. The number of nitrogens with zero attached hydrogens (tertiary/aromatic N) is 1. The van der Waals surface area contributed by atoms with Crippen LogP contribution in [-0.4, -0.2) is 19.2 Å². The van der Waals surface area contributed by atoms with Crippen molar-refractivity contribution in [2.24, 2.45) is 0 Å². The van der Waals surface area contributed by atoms with Crippen molar-refractivity contribution in [1.82, 2.24) is 10.6 Å². The highest BCUT2D eigenvalue weighted by atomic mass is 16.7. The summed E-state index contributed by atoms with van der Waals surface area (Å²) in [6.45, 7) is 1.18. The summed E-state index contributed by atoms with van der Waals surface area (Å²) in [5.41, 5.74) is 2.14. The van der Waals surface area contributed by atoms with Crippen molar-refractivity contribution < 1.29 is 14.3 Å². The van der Waals surface area contributed by atoms with Crippen molar-refractivity contribution in [3.8, 4) is 17.6 Å². The van der Waals surface area contributed by atoms with Crippen LogP contribution < -0.4 is 20.1 Å². The molecule has 0 atom stereocenters. The molecule has 2 N–H and O–H groups in total. The highest BCUT2D eigenvalue weighted by Crippen LogP contribution is 2.32. The molecule has 1 amide bonds. The van der Waals surface area contributed by atoms with Crippen LogP contribution in [0.1, 0.15) is 11.1 Å². The van der Waals surface area contributed by atoms with E-state index in [0.717, 1.165) is 23.3 Å². The Morgan fingerprint density at radius 3 is 2.73 bits per heavy atom. The summed E-state index contributed by atoms with van der Waals surface area (Å²) in [5, 5.41) is 14.9. The number of benzene rings is 2. The molecule has 6 nitrogen and oxygen atoms in total. The maximum atomic E-state index is 12.1. The van der Waals surface area contributed by atoms with Crippen LogP contribution in [0, 0.1) is 11.3 Å². The van der Waals surface area contributed by atoms with Crippen LogP contribution in [0.15, 0.2) is 60.3 Å². The third kappa shape index (κ3) is 4.54. The van der Waals surface area contributed by atoms with Crippen LogP contribution in [0.25, 0.3) is 0 Å². The molecule has 1 heterocycles. The Balaban J connectivity index is 1.48. The average molecular weight is 349 g/mol. The molecule has 2 aromatic carbocycles. The molecule has 0 aliphatic carbocycles. The first-order chi connectivity index (χ1) is 12.8. The quantitative estimate of drug-likeness (QED) is 0.592. The van der Waals surface area contributed by atoms with Crippen molar-refractivity contribution in [2.45, 2.75) is 13.0 Å². The second-order valence-corrected chi connectivity index (χ2v) is 5.73. The summed E-state index contributed by atoms with van der Waals surface area (Å²) in [6.07, 6.45) is 2.15. The largest absolute Gasteiger partial charge is 0.454 e. The van der Waals surface area contributed by atoms with Gasteiger partial charge in [0.2, 0.25) is 6.79 Å². The van der Waals surface area contributed by atoms with Crippen molar-refractivity contribution in [3.05, 3.63) is 71.4 Å². The minimum Gasteiger partial charge on any atom is -0.454 e. The number of hydrogen-bond acceptors (Lipinski definition) is 5. The summed E-state index contributed by atoms with van der Waals surface area (Å²) < 4.78 is 10.6. The van der Waals surface area contributed by atoms with Gasteiger partial charge in [-0.2, -0.15) is 5.26 Å². The van der Waals surface area contributed by atoms with Gasteiger partial charge in [0.05, 0.1) is 0 Å². The number of rotatable bonds is 7. The van der Waals surface area contributed by atoms with E-state index in [2.05, 4.69) is 10.6 Å². The summed E-state index contributed by atoms with van der Waals surface area (Å²) in [5.74, 6) is 1.04. The van der Waals surface area contributed by atoms with E-state index in [4.69, 9.17) is 9.47 Å². The van der Waals surface area contributed by atoms with E-state index in [1.165, 1.54) is 6.20 Å². The first kappa shape index (κ1) is 17.4. The topological polar surface area (TPSA) is 83.4 Å².